The minimum atomic E-state index is -0.759. The van der Waals surface area contributed by atoms with E-state index in [0.717, 1.165) is 32.2 Å². The Labute approximate surface area is 172 Å². The summed E-state index contributed by atoms with van der Waals surface area (Å²) in [6, 6.07) is 3.74. The van der Waals surface area contributed by atoms with Gasteiger partial charge in [-0.25, -0.2) is 0 Å². The Balaban J connectivity index is 0.00000338. The van der Waals surface area contributed by atoms with Crippen LogP contribution in [0.2, 0.25) is 0 Å². The topological polar surface area (TPSA) is 96.1 Å². The van der Waals surface area contributed by atoms with Gasteiger partial charge in [-0.15, -0.1) is 24.0 Å². The van der Waals surface area contributed by atoms with E-state index in [1.165, 1.54) is 6.26 Å². The molecule has 26 heavy (non-hydrogen) atoms. The number of aliphatic hydroxyl groups is 1. The van der Waals surface area contributed by atoms with Crippen molar-refractivity contribution in [1.82, 2.24) is 10.6 Å². The van der Waals surface area contributed by atoms with E-state index in [9.17, 15) is 9.90 Å². The summed E-state index contributed by atoms with van der Waals surface area (Å²) < 4.78 is 10.3. The van der Waals surface area contributed by atoms with Crippen LogP contribution in [-0.2, 0) is 9.53 Å². The van der Waals surface area contributed by atoms with Crippen LogP contribution in [0.1, 0.15) is 51.4 Å². The number of hydrogen-bond donors (Lipinski definition) is 3. The van der Waals surface area contributed by atoms with Gasteiger partial charge in [-0.3, -0.25) is 9.79 Å². The summed E-state index contributed by atoms with van der Waals surface area (Å²) in [4.78, 5) is 16.2. The minimum Gasteiger partial charge on any atom is -0.467 e. The van der Waals surface area contributed by atoms with Crippen molar-refractivity contribution >= 4 is 35.9 Å². The van der Waals surface area contributed by atoms with Crippen molar-refractivity contribution in [3.63, 3.8) is 0 Å². The lowest BCUT2D eigenvalue weighted by Crippen LogP contribution is -2.45. The van der Waals surface area contributed by atoms with Crippen molar-refractivity contribution in [2.45, 2.75) is 51.7 Å². The smallest absolute Gasteiger partial charge is 0.308 e. The molecule has 7 nitrogen and oxygen atoms in total. The number of ether oxygens (including phenoxy) is 1. The molecule has 1 aliphatic rings. The van der Waals surface area contributed by atoms with Crippen LogP contribution >= 0.6 is 24.0 Å². The number of nitrogens with zero attached hydrogens (tertiary/aromatic N) is 1. The number of aliphatic imine (C=N–C) groups is 1. The second-order valence-electron chi connectivity index (χ2n) is 6.20. The van der Waals surface area contributed by atoms with Crippen LogP contribution in [0.25, 0.3) is 0 Å². The molecule has 1 aliphatic carbocycles. The summed E-state index contributed by atoms with van der Waals surface area (Å²) in [5.41, 5.74) is 0. The Hall–Kier alpha value is -1.29. The molecule has 0 aliphatic heterocycles. The number of rotatable bonds is 7. The molecule has 1 fully saturated rings. The summed E-state index contributed by atoms with van der Waals surface area (Å²) in [6.07, 6.45) is 4.22. The van der Waals surface area contributed by atoms with E-state index < -0.39 is 6.10 Å². The van der Waals surface area contributed by atoms with Gasteiger partial charge in [0.1, 0.15) is 11.9 Å². The Morgan fingerprint density at radius 1 is 1.38 bits per heavy atom. The summed E-state index contributed by atoms with van der Waals surface area (Å²) in [7, 11) is 0. The average Bonchev–Trinajstić information content (AvgIpc) is 3.15. The van der Waals surface area contributed by atoms with Crippen LogP contribution < -0.4 is 10.6 Å². The lowest BCUT2D eigenvalue weighted by Gasteiger charge is -2.29. The van der Waals surface area contributed by atoms with Crippen LogP contribution in [0, 0.1) is 5.92 Å². The van der Waals surface area contributed by atoms with Gasteiger partial charge in [0, 0.05) is 12.6 Å². The molecule has 1 aromatic heterocycles. The number of carbonyl (C=O) groups excluding carboxylic acids is 1. The summed E-state index contributed by atoms with van der Waals surface area (Å²) in [5.74, 6) is 1.11. The number of furan rings is 1. The molecule has 1 aromatic rings. The zero-order chi connectivity index (χ0) is 18.1. The Kier molecular flexibility index (Phi) is 10.6. The number of aliphatic hydroxyl groups excluding tert-OH is 1. The molecule has 148 valence electrons. The molecule has 1 saturated carbocycles. The molecule has 1 unspecified atom stereocenters. The largest absolute Gasteiger partial charge is 0.467 e. The van der Waals surface area contributed by atoms with Gasteiger partial charge in [-0.2, -0.15) is 0 Å². The molecular weight excluding hydrogens is 449 g/mol. The monoisotopic (exact) mass is 479 g/mol. The molecule has 0 bridgehead atoms. The predicted molar refractivity (Wildman–Crippen MR) is 111 cm³/mol. The quantitative estimate of drug-likeness (QED) is 0.241. The van der Waals surface area contributed by atoms with Crippen molar-refractivity contribution in [2.75, 3.05) is 19.7 Å². The maximum absolute atomic E-state index is 11.8. The summed E-state index contributed by atoms with van der Waals surface area (Å²) >= 11 is 0. The van der Waals surface area contributed by atoms with Gasteiger partial charge in [0.15, 0.2) is 5.96 Å². The number of halogens is 1. The van der Waals surface area contributed by atoms with E-state index in [0.29, 0.717) is 18.3 Å². The SMILES string of the molecule is CCNC(=NCC(O)c1ccco1)NC1CCC(C(=O)OCC)CC1.I. The highest BCUT2D eigenvalue weighted by atomic mass is 127. The Morgan fingerprint density at radius 3 is 2.69 bits per heavy atom. The standard InChI is InChI=1S/C18H29N3O4.HI/c1-3-19-18(20-12-15(22)16-6-5-11-25-16)21-14-9-7-13(8-10-14)17(23)24-4-2;/h5-6,11,13-15,22H,3-4,7-10,12H2,1-2H3,(H2,19,20,21);1H. The number of hydrogen-bond acceptors (Lipinski definition) is 5. The van der Waals surface area contributed by atoms with Gasteiger partial charge in [0.05, 0.1) is 25.3 Å². The van der Waals surface area contributed by atoms with E-state index in [2.05, 4.69) is 15.6 Å². The highest BCUT2D eigenvalue weighted by molar-refractivity contribution is 14.0. The predicted octanol–water partition coefficient (Wildman–Crippen LogP) is 2.61. The lowest BCUT2D eigenvalue weighted by molar-refractivity contribution is -0.149. The van der Waals surface area contributed by atoms with Gasteiger partial charge in [0.25, 0.3) is 0 Å². The highest BCUT2D eigenvalue weighted by Gasteiger charge is 2.27. The van der Waals surface area contributed by atoms with Crippen molar-refractivity contribution < 1.29 is 19.1 Å². The third kappa shape index (κ3) is 7.14. The fraction of sp³-hybridized carbons (Fsp3) is 0.667. The first-order valence-corrected chi connectivity index (χ1v) is 9.07. The first kappa shape index (κ1) is 22.8. The van der Waals surface area contributed by atoms with Gasteiger partial charge in [-0.1, -0.05) is 0 Å². The highest BCUT2D eigenvalue weighted by Crippen LogP contribution is 2.25. The molecule has 8 heteroatoms. The van der Waals surface area contributed by atoms with Crippen LogP contribution in [0.4, 0.5) is 0 Å². The number of nitrogens with one attached hydrogen (secondary N) is 2. The van der Waals surface area contributed by atoms with Crippen LogP contribution in [0.3, 0.4) is 0 Å². The van der Waals surface area contributed by atoms with Crippen molar-refractivity contribution in [1.29, 1.82) is 0 Å². The van der Waals surface area contributed by atoms with Gasteiger partial charge < -0.3 is 24.9 Å². The second-order valence-corrected chi connectivity index (χ2v) is 6.20. The van der Waals surface area contributed by atoms with E-state index in [1.54, 1.807) is 12.1 Å². The zero-order valence-electron chi connectivity index (χ0n) is 15.4. The van der Waals surface area contributed by atoms with E-state index in [-0.39, 0.29) is 48.5 Å². The molecule has 2 rings (SSSR count). The maximum Gasteiger partial charge on any atom is 0.308 e. The molecule has 0 aromatic carbocycles. The van der Waals surface area contributed by atoms with Gasteiger partial charge in [0.2, 0.25) is 0 Å². The number of esters is 1. The normalized spacial score (nSPS) is 21.4. The maximum atomic E-state index is 11.8. The first-order chi connectivity index (χ1) is 12.1. The van der Waals surface area contributed by atoms with Gasteiger partial charge >= 0.3 is 5.97 Å². The zero-order valence-corrected chi connectivity index (χ0v) is 17.8. The third-order valence-corrected chi connectivity index (χ3v) is 4.33. The fourth-order valence-electron chi connectivity index (χ4n) is 3.00. The van der Waals surface area contributed by atoms with Crippen LogP contribution in [0.15, 0.2) is 27.8 Å². The molecule has 3 N–H and O–H groups in total. The van der Waals surface area contributed by atoms with E-state index >= 15 is 0 Å². The summed E-state index contributed by atoms with van der Waals surface area (Å²) in [6.45, 7) is 5.23. The fourth-order valence-corrected chi connectivity index (χ4v) is 3.00. The van der Waals surface area contributed by atoms with E-state index in [4.69, 9.17) is 9.15 Å². The molecule has 0 saturated heterocycles. The molecule has 0 amide bonds. The molecular formula is C18H30IN3O4. The first-order valence-electron chi connectivity index (χ1n) is 9.07. The third-order valence-electron chi connectivity index (χ3n) is 4.33. The van der Waals surface area contributed by atoms with Crippen molar-refractivity contribution in [3.05, 3.63) is 24.2 Å². The summed E-state index contributed by atoms with van der Waals surface area (Å²) in [5, 5.41) is 16.7. The molecule has 0 radical (unpaired) electrons. The Morgan fingerprint density at radius 2 is 2.12 bits per heavy atom. The van der Waals surface area contributed by atoms with Crippen LogP contribution in [-0.4, -0.2) is 42.8 Å². The molecule has 1 heterocycles. The van der Waals surface area contributed by atoms with Crippen molar-refractivity contribution in [3.8, 4) is 0 Å². The van der Waals surface area contributed by atoms with E-state index in [1.807, 2.05) is 13.8 Å². The second kappa shape index (κ2) is 12.2. The number of carbonyl (C=O) groups is 1. The minimum absolute atomic E-state index is 0. The van der Waals surface area contributed by atoms with Gasteiger partial charge in [-0.05, 0) is 51.7 Å². The average molecular weight is 479 g/mol. The van der Waals surface area contributed by atoms with Crippen molar-refractivity contribution in [2.24, 2.45) is 10.9 Å². The Bertz CT molecular complexity index is 543. The lowest BCUT2D eigenvalue weighted by atomic mass is 9.86. The van der Waals surface area contributed by atoms with Crippen LogP contribution in [0.5, 0.6) is 0 Å². The molecule has 0 spiro atoms. The number of guanidine groups is 1. The molecule has 1 atom stereocenters.